The number of ether oxygens (including phenoxy) is 2. The van der Waals surface area contributed by atoms with Crippen molar-refractivity contribution in [2.75, 3.05) is 13.2 Å². The molecule has 2 rings (SSSR count). The van der Waals surface area contributed by atoms with E-state index in [0.29, 0.717) is 45.3 Å². The van der Waals surface area contributed by atoms with Gasteiger partial charge in [0.25, 0.3) is 0 Å². The Balaban J connectivity index is 2.08. The van der Waals surface area contributed by atoms with Crippen LogP contribution in [0.5, 0.6) is 0 Å². The highest BCUT2D eigenvalue weighted by Gasteiger charge is 2.50. The average molecular weight is 306 g/mol. The minimum atomic E-state index is -3.04. The number of sulfone groups is 1. The van der Waals surface area contributed by atoms with Gasteiger partial charge >= 0.3 is 0 Å². The monoisotopic (exact) mass is 306 g/mol. The Morgan fingerprint density at radius 2 is 1.65 bits per heavy atom. The summed E-state index contributed by atoms with van der Waals surface area (Å²) in [6.07, 6.45) is 2.86. The normalized spacial score (nSPS) is 36.2. The van der Waals surface area contributed by atoms with E-state index in [4.69, 9.17) is 9.47 Å². The van der Waals surface area contributed by atoms with Gasteiger partial charge in [-0.05, 0) is 39.5 Å². The maximum atomic E-state index is 12.2. The maximum absolute atomic E-state index is 12.2. The first-order chi connectivity index (χ1) is 9.41. The molecule has 2 unspecified atom stereocenters. The zero-order valence-electron chi connectivity index (χ0n) is 12.4. The van der Waals surface area contributed by atoms with Crippen molar-refractivity contribution >= 4 is 9.84 Å². The Bertz CT molecular complexity index is 393. The van der Waals surface area contributed by atoms with E-state index in [1.807, 2.05) is 13.8 Å². The molecule has 0 saturated carbocycles. The van der Waals surface area contributed by atoms with Crippen LogP contribution in [0.15, 0.2) is 0 Å². The summed E-state index contributed by atoms with van der Waals surface area (Å²) in [5.41, 5.74) is -0.976. The molecular formula is C14H26O5S. The number of fused-ring (bicyclic) bond motifs is 2. The van der Waals surface area contributed by atoms with Gasteiger partial charge in [0.1, 0.15) is 0 Å². The Hall–Kier alpha value is -0.170. The molecule has 2 aliphatic rings. The summed E-state index contributed by atoms with van der Waals surface area (Å²) in [6.45, 7) is 4.81. The molecule has 20 heavy (non-hydrogen) atoms. The lowest BCUT2D eigenvalue weighted by Crippen LogP contribution is -2.53. The maximum Gasteiger partial charge on any atom is 0.160 e. The molecule has 0 radical (unpaired) electrons. The SMILES string of the molecule is CCOC(CC1(O)CC2CCCC(C1)S2(=O)=O)OCC. The van der Waals surface area contributed by atoms with E-state index < -0.39 is 21.7 Å². The van der Waals surface area contributed by atoms with E-state index in [9.17, 15) is 13.5 Å². The molecule has 5 nitrogen and oxygen atoms in total. The van der Waals surface area contributed by atoms with Gasteiger partial charge in [-0.2, -0.15) is 0 Å². The van der Waals surface area contributed by atoms with E-state index >= 15 is 0 Å². The first-order valence-electron chi connectivity index (χ1n) is 7.59. The van der Waals surface area contributed by atoms with Crippen molar-refractivity contribution in [3.8, 4) is 0 Å². The van der Waals surface area contributed by atoms with Crippen molar-refractivity contribution in [1.82, 2.24) is 0 Å². The molecule has 2 bridgehead atoms. The lowest BCUT2D eigenvalue weighted by Gasteiger charge is -2.44. The summed E-state index contributed by atoms with van der Waals surface area (Å²) in [5, 5.41) is 10.0. The summed E-state index contributed by atoms with van der Waals surface area (Å²) < 4.78 is 35.5. The molecule has 2 saturated heterocycles. The molecule has 0 aliphatic carbocycles. The van der Waals surface area contributed by atoms with Crippen molar-refractivity contribution < 1.29 is 23.0 Å². The second-order valence-corrected chi connectivity index (χ2v) is 8.45. The molecule has 0 amide bonds. The fourth-order valence-corrected chi connectivity index (χ4v) is 6.18. The van der Waals surface area contributed by atoms with Gasteiger partial charge < -0.3 is 14.6 Å². The smallest absolute Gasteiger partial charge is 0.160 e. The molecule has 0 aromatic heterocycles. The molecule has 0 aromatic carbocycles. The predicted octanol–water partition coefficient (Wildman–Crippen LogP) is 1.64. The van der Waals surface area contributed by atoms with Gasteiger partial charge in [-0.3, -0.25) is 0 Å². The van der Waals surface area contributed by atoms with Gasteiger partial charge in [0.15, 0.2) is 16.1 Å². The van der Waals surface area contributed by atoms with Crippen molar-refractivity contribution in [3.63, 3.8) is 0 Å². The second kappa shape index (κ2) is 6.30. The van der Waals surface area contributed by atoms with Crippen molar-refractivity contribution in [3.05, 3.63) is 0 Å². The minimum Gasteiger partial charge on any atom is -0.390 e. The van der Waals surface area contributed by atoms with Crippen LogP contribution in [0.1, 0.15) is 52.4 Å². The number of rotatable bonds is 6. The van der Waals surface area contributed by atoms with Crippen LogP contribution in [0.4, 0.5) is 0 Å². The summed E-state index contributed by atoms with van der Waals surface area (Å²) in [7, 11) is -3.04. The van der Waals surface area contributed by atoms with Crippen LogP contribution < -0.4 is 0 Å². The van der Waals surface area contributed by atoms with E-state index in [1.165, 1.54) is 0 Å². The lowest BCUT2D eigenvalue weighted by atomic mass is 9.83. The third-order valence-electron chi connectivity index (χ3n) is 4.45. The van der Waals surface area contributed by atoms with Crippen molar-refractivity contribution in [1.29, 1.82) is 0 Å². The summed E-state index contributed by atoms with van der Waals surface area (Å²) in [4.78, 5) is 0. The number of hydrogen-bond acceptors (Lipinski definition) is 5. The van der Waals surface area contributed by atoms with E-state index in [0.717, 1.165) is 6.42 Å². The van der Waals surface area contributed by atoms with E-state index in [-0.39, 0.29) is 10.5 Å². The Kier molecular flexibility index (Phi) is 5.10. The zero-order valence-corrected chi connectivity index (χ0v) is 13.2. The molecule has 2 heterocycles. The Morgan fingerprint density at radius 1 is 1.15 bits per heavy atom. The molecule has 2 fully saturated rings. The van der Waals surface area contributed by atoms with Gasteiger partial charge in [0, 0.05) is 19.6 Å². The first-order valence-corrected chi connectivity index (χ1v) is 9.20. The van der Waals surface area contributed by atoms with Gasteiger partial charge in [-0.15, -0.1) is 0 Å². The van der Waals surface area contributed by atoms with Crippen molar-refractivity contribution in [2.24, 2.45) is 0 Å². The van der Waals surface area contributed by atoms with Crippen LogP contribution in [-0.2, 0) is 19.3 Å². The molecule has 118 valence electrons. The topological polar surface area (TPSA) is 72.8 Å². The third-order valence-corrected chi connectivity index (χ3v) is 7.11. The van der Waals surface area contributed by atoms with Gasteiger partial charge in [-0.1, -0.05) is 6.42 Å². The summed E-state index contributed by atoms with van der Waals surface area (Å²) in [6, 6.07) is 0. The van der Waals surface area contributed by atoms with Gasteiger partial charge in [-0.25, -0.2) is 8.42 Å². The Labute approximate surface area is 121 Å². The molecule has 0 aromatic rings. The standard InChI is InChI=1S/C14H26O5S/c1-3-18-13(19-4-2)10-14(15)8-11-6-5-7-12(9-14)20(11,16)17/h11-13,15H,3-10H2,1-2H3. The Morgan fingerprint density at radius 3 is 2.10 bits per heavy atom. The zero-order chi connectivity index (χ0) is 14.8. The molecule has 1 N–H and O–H groups in total. The molecular weight excluding hydrogens is 280 g/mol. The van der Waals surface area contributed by atoms with Crippen molar-refractivity contribution in [2.45, 2.75) is 74.8 Å². The molecule has 6 heteroatoms. The van der Waals surface area contributed by atoms with Crippen LogP contribution in [-0.4, -0.2) is 49.1 Å². The number of hydrogen-bond donors (Lipinski definition) is 1. The van der Waals surface area contributed by atoms with Crippen LogP contribution in [0.3, 0.4) is 0 Å². The summed E-state index contributed by atoms with van der Waals surface area (Å²) in [5.74, 6) is 0. The van der Waals surface area contributed by atoms with Crippen LogP contribution >= 0.6 is 0 Å². The fraction of sp³-hybridized carbons (Fsp3) is 1.00. The first kappa shape index (κ1) is 16.2. The van der Waals surface area contributed by atoms with Crippen LogP contribution in [0.25, 0.3) is 0 Å². The van der Waals surface area contributed by atoms with E-state index in [1.54, 1.807) is 0 Å². The third kappa shape index (κ3) is 3.35. The molecule has 0 spiro atoms. The lowest BCUT2D eigenvalue weighted by molar-refractivity contribution is -0.173. The van der Waals surface area contributed by atoms with Crippen LogP contribution in [0.2, 0.25) is 0 Å². The highest BCUT2D eigenvalue weighted by atomic mass is 32.2. The quantitative estimate of drug-likeness (QED) is 0.755. The highest BCUT2D eigenvalue weighted by molar-refractivity contribution is 7.92. The molecule has 2 atom stereocenters. The van der Waals surface area contributed by atoms with Gasteiger partial charge in [0.2, 0.25) is 0 Å². The number of aliphatic hydroxyl groups is 1. The highest BCUT2D eigenvalue weighted by Crippen LogP contribution is 2.43. The summed E-state index contributed by atoms with van der Waals surface area (Å²) >= 11 is 0. The predicted molar refractivity (Wildman–Crippen MR) is 76.2 cm³/mol. The van der Waals surface area contributed by atoms with Crippen LogP contribution in [0, 0.1) is 0 Å². The largest absolute Gasteiger partial charge is 0.390 e. The average Bonchev–Trinajstić information content (AvgIpc) is 2.32. The minimum absolute atomic E-state index is 0.322. The van der Waals surface area contributed by atoms with E-state index in [2.05, 4.69) is 0 Å². The molecule has 2 aliphatic heterocycles. The van der Waals surface area contributed by atoms with Gasteiger partial charge in [0.05, 0.1) is 16.1 Å². The fourth-order valence-electron chi connectivity index (χ4n) is 3.56. The second-order valence-electron chi connectivity index (χ2n) is 5.94.